The first-order valence-electron chi connectivity index (χ1n) is 12.9. The number of nitrogens with one attached hydrogen (secondary N) is 2. The van der Waals surface area contributed by atoms with Gasteiger partial charge < -0.3 is 10.3 Å². The summed E-state index contributed by atoms with van der Waals surface area (Å²) in [6.07, 6.45) is 6.17. The number of benzene rings is 2. The molecule has 2 aromatic carbocycles. The predicted octanol–water partition coefficient (Wildman–Crippen LogP) is 4.69. The molecule has 1 aliphatic rings. The van der Waals surface area contributed by atoms with Gasteiger partial charge in [0.05, 0.1) is 18.4 Å². The first-order chi connectivity index (χ1) is 18.5. The maximum Gasteiger partial charge on any atom is 0.273 e. The van der Waals surface area contributed by atoms with Crippen LogP contribution in [0.15, 0.2) is 90.0 Å². The Morgan fingerprint density at radius 2 is 1.74 bits per heavy atom. The fourth-order valence-electron chi connectivity index (χ4n) is 5.16. The Labute approximate surface area is 220 Å². The van der Waals surface area contributed by atoms with Crippen LogP contribution in [0.3, 0.4) is 0 Å². The molecule has 6 rings (SSSR count). The van der Waals surface area contributed by atoms with E-state index in [0.29, 0.717) is 24.4 Å². The molecule has 0 bridgehead atoms. The van der Waals surface area contributed by atoms with Gasteiger partial charge in [-0.05, 0) is 43.0 Å². The van der Waals surface area contributed by atoms with Crippen molar-refractivity contribution in [1.82, 2.24) is 24.8 Å². The van der Waals surface area contributed by atoms with Crippen molar-refractivity contribution >= 4 is 16.8 Å². The van der Waals surface area contributed by atoms with Crippen molar-refractivity contribution in [3.8, 4) is 11.3 Å². The normalized spacial score (nSPS) is 13.9. The summed E-state index contributed by atoms with van der Waals surface area (Å²) in [5, 5.41) is 3.96. The largest absolute Gasteiger partial charge is 0.357 e. The third-order valence-electron chi connectivity index (χ3n) is 7.41. The molecule has 0 atom stereocenters. The van der Waals surface area contributed by atoms with Gasteiger partial charge in [-0.25, -0.2) is 0 Å². The number of amides is 1. The summed E-state index contributed by atoms with van der Waals surface area (Å²) in [7, 11) is 0. The van der Waals surface area contributed by atoms with Gasteiger partial charge in [-0.3, -0.25) is 24.1 Å². The maximum absolute atomic E-state index is 13.8. The summed E-state index contributed by atoms with van der Waals surface area (Å²) < 4.78 is 1.56. The summed E-state index contributed by atoms with van der Waals surface area (Å²) in [6, 6.07) is 23.9. The molecule has 0 aliphatic heterocycles. The highest BCUT2D eigenvalue weighted by Gasteiger charge is 2.45. The molecule has 1 saturated carbocycles. The van der Waals surface area contributed by atoms with Gasteiger partial charge in [-0.15, -0.1) is 0 Å². The molecule has 1 amide bonds. The van der Waals surface area contributed by atoms with E-state index in [9.17, 15) is 9.59 Å². The second-order valence-corrected chi connectivity index (χ2v) is 10.2. The molecule has 0 unspecified atom stereocenters. The second-order valence-electron chi connectivity index (χ2n) is 10.2. The van der Waals surface area contributed by atoms with Crippen LogP contribution in [0, 0.1) is 6.92 Å². The van der Waals surface area contributed by atoms with Crippen molar-refractivity contribution in [2.75, 3.05) is 0 Å². The van der Waals surface area contributed by atoms with Crippen molar-refractivity contribution in [2.45, 2.75) is 44.7 Å². The zero-order valence-corrected chi connectivity index (χ0v) is 21.3. The Hall–Kier alpha value is -4.52. The van der Waals surface area contributed by atoms with Crippen molar-refractivity contribution in [3.05, 3.63) is 118 Å². The third-order valence-corrected chi connectivity index (χ3v) is 7.41. The van der Waals surface area contributed by atoms with Gasteiger partial charge in [0, 0.05) is 40.3 Å². The zero-order chi connectivity index (χ0) is 26.1. The summed E-state index contributed by atoms with van der Waals surface area (Å²) >= 11 is 0. The number of nitrogens with zero attached hydrogens (tertiary/aromatic N) is 3. The van der Waals surface area contributed by atoms with Gasteiger partial charge in [-0.2, -0.15) is 0 Å². The van der Waals surface area contributed by atoms with Crippen LogP contribution in [0.25, 0.3) is 22.2 Å². The molecule has 1 aliphatic carbocycles. The van der Waals surface area contributed by atoms with E-state index in [1.54, 1.807) is 10.8 Å². The standard InChI is InChI=1S/C31H29N5O2/c1-21-14-26-23(17-32-21)15-25(35-26)18-34-29(37)20-36-28(22-8-4-2-5-9-22)19-33-27(30(36)38)16-31(12-13-31)24-10-6-3-7-11-24/h2-11,14-15,17,19,35H,12-13,16,18,20H2,1H3,(H,34,37). The van der Waals surface area contributed by atoms with E-state index in [4.69, 9.17) is 0 Å². The van der Waals surface area contributed by atoms with Gasteiger partial charge in [0.2, 0.25) is 5.91 Å². The second kappa shape index (κ2) is 9.74. The number of pyridine rings is 1. The number of fused-ring (bicyclic) bond motifs is 1. The van der Waals surface area contributed by atoms with E-state index in [1.807, 2.05) is 73.8 Å². The van der Waals surface area contributed by atoms with Crippen LogP contribution in [0.1, 0.15) is 35.5 Å². The molecule has 5 aromatic rings. The minimum absolute atomic E-state index is 0.0510. The van der Waals surface area contributed by atoms with Crippen LogP contribution in [-0.4, -0.2) is 25.4 Å². The highest BCUT2D eigenvalue weighted by Crippen LogP contribution is 2.50. The molecule has 2 N–H and O–H groups in total. The monoisotopic (exact) mass is 503 g/mol. The number of hydrogen-bond donors (Lipinski definition) is 2. The average Bonchev–Trinajstić information content (AvgIpc) is 3.61. The molecular formula is C31H29N5O2. The molecule has 7 heteroatoms. The summed E-state index contributed by atoms with van der Waals surface area (Å²) in [5.74, 6) is -0.237. The molecule has 38 heavy (non-hydrogen) atoms. The minimum atomic E-state index is -0.237. The SMILES string of the molecule is Cc1cc2[nH]c(CNC(=O)Cn3c(-c4ccccc4)cnc(CC4(c5ccccc5)CC4)c3=O)cc2cn1. The Balaban J connectivity index is 1.26. The Morgan fingerprint density at radius 3 is 2.47 bits per heavy atom. The van der Waals surface area contributed by atoms with Crippen LogP contribution in [0.5, 0.6) is 0 Å². The molecule has 3 aromatic heterocycles. The van der Waals surface area contributed by atoms with Crippen molar-refractivity contribution in [1.29, 1.82) is 0 Å². The highest BCUT2D eigenvalue weighted by atomic mass is 16.2. The molecule has 3 heterocycles. The van der Waals surface area contributed by atoms with Gasteiger partial charge in [-0.1, -0.05) is 60.7 Å². The lowest BCUT2D eigenvalue weighted by atomic mass is 9.91. The first-order valence-corrected chi connectivity index (χ1v) is 12.9. The van der Waals surface area contributed by atoms with E-state index in [0.717, 1.165) is 40.7 Å². The number of aromatic nitrogens is 4. The first kappa shape index (κ1) is 23.9. The maximum atomic E-state index is 13.8. The number of aryl methyl sites for hydroxylation is 1. The van der Waals surface area contributed by atoms with Crippen LogP contribution in [0.4, 0.5) is 0 Å². The average molecular weight is 504 g/mol. The van der Waals surface area contributed by atoms with Crippen LogP contribution >= 0.6 is 0 Å². The summed E-state index contributed by atoms with van der Waals surface area (Å²) in [6.45, 7) is 2.19. The molecule has 190 valence electrons. The van der Waals surface area contributed by atoms with Crippen molar-refractivity contribution < 1.29 is 4.79 Å². The third kappa shape index (κ3) is 4.75. The lowest BCUT2D eigenvalue weighted by molar-refractivity contribution is -0.121. The highest BCUT2D eigenvalue weighted by molar-refractivity contribution is 5.80. The number of H-pyrrole nitrogens is 1. The van der Waals surface area contributed by atoms with Crippen LogP contribution < -0.4 is 10.9 Å². The van der Waals surface area contributed by atoms with Gasteiger partial charge in [0.25, 0.3) is 5.56 Å². The van der Waals surface area contributed by atoms with E-state index < -0.39 is 0 Å². The fraction of sp³-hybridized carbons (Fsp3) is 0.226. The van der Waals surface area contributed by atoms with Gasteiger partial charge in [0.1, 0.15) is 12.2 Å². The fourth-order valence-corrected chi connectivity index (χ4v) is 5.16. The number of aromatic amines is 1. The summed E-state index contributed by atoms with van der Waals surface area (Å²) in [5.41, 5.74) is 5.74. The quantitative estimate of drug-likeness (QED) is 0.321. The smallest absolute Gasteiger partial charge is 0.273 e. The Kier molecular flexibility index (Phi) is 6.12. The van der Waals surface area contributed by atoms with Crippen LogP contribution in [-0.2, 0) is 29.7 Å². The molecule has 0 radical (unpaired) electrons. The van der Waals surface area contributed by atoms with E-state index in [-0.39, 0.29) is 23.4 Å². The molecule has 0 saturated heterocycles. The van der Waals surface area contributed by atoms with E-state index in [2.05, 4.69) is 32.4 Å². The van der Waals surface area contributed by atoms with Crippen molar-refractivity contribution in [2.24, 2.45) is 0 Å². The Bertz CT molecular complexity index is 1670. The molecule has 1 fully saturated rings. The Morgan fingerprint density at radius 1 is 1.00 bits per heavy atom. The lowest BCUT2D eigenvalue weighted by Crippen LogP contribution is -2.35. The lowest BCUT2D eigenvalue weighted by Gasteiger charge is -2.18. The number of hydrogen-bond acceptors (Lipinski definition) is 4. The number of carbonyl (C=O) groups excluding carboxylic acids is 1. The number of rotatable bonds is 8. The predicted molar refractivity (Wildman–Crippen MR) is 148 cm³/mol. The molecular weight excluding hydrogens is 474 g/mol. The number of carbonyl (C=O) groups is 1. The molecule has 7 nitrogen and oxygen atoms in total. The van der Waals surface area contributed by atoms with Crippen LogP contribution in [0.2, 0.25) is 0 Å². The topological polar surface area (TPSA) is 92.7 Å². The summed E-state index contributed by atoms with van der Waals surface area (Å²) in [4.78, 5) is 39.1. The van der Waals surface area contributed by atoms with Gasteiger partial charge in [0.15, 0.2) is 0 Å². The van der Waals surface area contributed by atoms with Gasteiger partial charge >= 0.3 is 0 Å². The zero-order valence-electron chi connectivity index (χ0n) is 21.3. The minimum Gasteiger partial charge on any atom is -0.357 e. The van der Waals surface area contributed by atoms with E-state index in [1.165, 1.54) is 5.56 Å². The van der Waals surface area contributed by atoms with Crippen molar-refractivity contribution in [3.63, 3.8) is 0 Å². The van der Waals surface area contributed by atoms with E-state index >= 15 is 0 Å². The molecule has 0 spiro atoms.